The molecule has 6 heteroatoms. The third kappa shape index (κ3) is 2.46. The molecule has 0 bridgehead atoms. The molecular formula is C16H12F2N2OS. The van der Waals surface area contributed by atoms with Gasteiger partial charge in [-0.2, -0.15) is 0 Å². The Labute approximate surface area is 129 Å². The van der Waals surface area contributed by atoms with E-state index in [1.807, 2.05) is 26.0 Å². The summed E-state index contributed by atoms with van der Waals surface area (Å²) in [5.41, 5.74) is 2.20. The number of carbonyl (C=O) groups is 1. The van der Waals surface area contributed by atoms with Crippen LogP contribution in [0.25, 0.3) is 10.2 Å². The van der Waals surface area contributed by atoms with Gasteiger partial charge in [-0.3, -0.25) is 10.1 Å². The van der Waals surface area contributed by atoms with Gasteiger partial charge in [-0.1, -0.05) is 29.5 Å². The largest absolute Gasteiger partial charge is 0.298 e. The van der Waals surface area contributed by atoms with Crippen LogP contribution < -0.4 is 5.32 Å². The lowest BCUT2D eigenvalue weighted by Gasteiger charge is -2.03. The van der Waals surface area contributed by atoms with Crippen LogP contribution in [0.5, 0.6) is 0 Å². The van der Waals surface area contributed by atoms with Crippen molar-refractivity contribution in [2.45, 2.75) is 13.8 Å². The van der Waals surface area contributed by atoms with Crippen molar-refractivity contribution in [2.24, 2.45) is 0 Å². The van der Waals surface area contributed by atoms with E-state index in [0.717, 1.165) is 33.5 Å². The summed E-state index contributed by atoms with van der Waals surface area (Å²) in [6.45, 7) is 3.87. The zero-order valence-corrected chi connectivity index (χ0v) is 12.7. The van der Waals surface area contributed by atoms with E-state index in [1.165, 1.54) is 17.4 Å². The van der Waals surface area contributed by atoms with E-state index >= 15 is 0 Å². The number of rotatable bonds is 2. The number of hydrogen-bond acceptors (Lipinski definition) is 3. The molecule has 3 rings (SSSR count). The van der Waals surface area contributed by atoms with E-state index in [-0.39, 0.29) is 0 Å². The first-order chi connectivity index (χ1) is 10.5. The Hall–Kier alpha value is -2.34. The van der Waals surface area contributed by atoms with Crippen molar-refractivity contribution < 1.29 is 13.6 Å². The lowest BCUT2D eigenvalue weighted by atomic mass is 10.1. The number of thiazole rings is 1. The second kappa shape index (κ2) is 5.46. The van der Waals surface area contributed by atoms with Crippen LogP contribution in [0.3, 0.4) is 0 Å². The number of amides is 1. The Morgan fingerprint density at radius 2 is 1.73 bits per heavy atom. The normalized spacial score (nSPS) is 10.9. The van der Waals surface area contributed by atoms with E-state index in [0.29, 0.717) is 5.13 Å². The third-order valence-electron chi connectivity index (χ3n) is 3.35. The summed E-state index contributed by atoms with van der Waals surface area (Å²) in [7, 11) is 0. The van der Waals surface area contributed by atoms with Crippen LogP contribution in [0.2, 0.25) is 0 Å². The van der Waals surface area contributed by atoms with Gasteiger partial charge in [0.15, 0.2) is 5.13 Å². The molecule has 0 unspecified atom stereocenters. The van der Waals surface area contributed by atoms with Crippen LogP contribution in [-0.4, -0.2) is 10.9 Å². The van der Waals surface area contributed by atoms with Crippen LogP contribution in [0, 0.1) is 25.5 Å². The first kappa shape index (κ1) is 14.6. The quantitative estimate of drug-likeness (QED) is 0.759. The Morgan fingerprint density at radius 3 is 2.36 bits per heavy atom. The minimum absolute atomic E-state index is 0.319. The van der Waals surface area contributed by atoms with Gasteiger partial charge < -0.3 is 0 Å². The molecule has 22 heavy (non-hydrogen) atoms. The maximum absolute atomic E-state index is 13.6. The van der Waals surface area contributed by atoms with E-state index in [2.05, 4.69) is 10.3 Å². The molecule has 0 fully saturated rings. The summed E-state index contributed by atoms with van der Waals surface area (Å²) in [6, 6.07) is 7.22. The Balaban J connectivity index is 1.98. The number of halogens is 2. The molecule has 0 saturated heterocycles. The fourth-order valence-corrected chi connectivity index (χ4v) is 3.19. The van der Waals surface area contributed by atoms with Crippen LogP contribution in [0.1, 0.15) is 21.5 Å². The molecule has 1 heterocycles. The smallest absolute Gasteiger partial charge is 0.263 e. The minimum Gasteiger partial charge on any atom is -0.298 e. The van der Waals surface area contributed by atoms with Gasteiger partial charge in [-0.15, -0.1) is 0 Å². The maximum Gasteiger partial charge on any atom is 0.263 e. The molecule has 1 N–H and O–H groups in total. The number of benzene rings is 2. The molecular weight excluding hydrogens is 306 g/mol. The van der Waals surface area contributed by atoms with Gasteiger partial charge in [0.05, 0.1) is 10.2 Å². The van der Waals surface area contributed by atoms with Crippen molar-refractivity contribution >= 4 is 32.6 Å². The monoisotopic (exact) mass is 318 g/mol. The van der Waals surface area contributed by atoms with Gasteiger partial charge in [0.2, 0.25) is 0 Å². The number of fused-ring (bicyclic) bond motifs is 1. The molecule has 0 aliphatic carbocycles. The highest BCUT2D eigenvalue weighted by atomic mass is 32.1. The van der Waals surface area contributed by atoms with Gasteiger partial charge in [0, 0.05) is 0 Å². The van der Waals surface area contributed by atoms with E-state index in [9.17, 15) is 13.6 Å². The zero-order chi connectivity index (χ0) is 15.9. The predicted octanol–water partition coefficient (Wildman–Crippen LogP) is 4.44. The molecule has 112 valence electrons. The van der Waals surface area contributed by atoms with Crippen LogP contribution in [-0.2, 0) is 0 Å². The molecule has 0 saturated carbocycles. The number of hydrogen-bond donors (Lipinski definition) is 1. The minimum atomic E-state index is -0.897. The lowest BCUT2D eigenvalue weighted by Crippen LogP contribution is -2.15. The summed E-state index contributed by atoms with van der Waals surface area (Å²) >= 11 is 1.28. The summed E-state index contributed by atoms with van der Waals surface area (Å²) in [6.07, 6.45) is 0. The standard InChI is InChI=1S/C16H12F2N2OS/c1-8-6-7-9(2)14-13(8)19-16(22-14)20-15(21)12-10(17)4-3-5-11(12)18/h3-7H,1-2H3,(H,19,20,21). The first-order valence-electron chi connectivity index (χ1n) is 6.59. The van der Waals surface area contributed by atoms with E-state index in [4.69, 9.17) is 0 Å². The molecule has 2 aromatic carbocycles. The molecule has 1 amide bonds. The van der Waals surface area contributed by atoms with Gasteiger partial charge >= 0.3 is 0 Å². The van der Waals surface area contributed by atoms with Gasteiger partial charge in [0.25, 0.3) is 5.91 Å². The van der Waals surface area contributed by atoms with Crippen LogP contribution in [0.4, 0.5) is 13.9 Å². The SMILES string of the molecule is Cc1ccc(C)c2sc(NC(=O)c3c(F)cccc3F)nc12. The average Bonchev–Trinajstić information content (AvgIpc) is 2.88. The molecule has 3 nitrogen and oxygen atoms in total. The van der Waals surface area contributed by atoms with Gasteiger partial charge in [-0.05, 0) is 37.1 Å². The zero-order valence-electron chi connectivity index (χ0n) is 11.9. The molecule has 0 spiro atoms. The number of nitrogens with one attached hydrogen (secondary N) is 1. The predicted molar refractivity (Wildman–Crippen MR) is 83.4 cm³/mol. The highest BCUT2D eigenvalue weighted by molar-refractivity contribution is 7.22. The van der Waals surface area contributed by atoms with Crippen LogP contribution in [0.15, 0.2) is 30.3 Å². The fourth-order valence-electron chi connectivity index (χ4n) is 2.19. The van der Waals surface area contributed by atoms with Crippen molar-refractivity contribution in [2.75, 3.05) is 5.32 Å². The average molecular weight is 318 g/mol. The first-order valence-corrected chi connectivity index (χ1v) is 7.41. The lowest BCUT2D eigenvalue weighted by molar-refractivity contribution is 0.101. The number of nitrogens with zero attached hydrogens (tertiary/aromatic N) is 1. The molecule has 0 aliphatic heterocycles. The molecule has 3 aromatic rings. The van der Waals surface area contributed by atoms with Crippen molar-refractivity contribution in [1.29, 1.82) is 0 Å². The van der Waals surface area contributed by atoms with Crippen molar-refractivity contribution in [3.63, 3.8) is 0 Å². The Kier molecular flexibility index (Phi) is 3.62. The summed E-state index contributed by atoms with van der Waals surface area (Å²) in [5.74, 6) is -2.64. The number of anilines is 1. The number of carbonyl (C=O) groups excluding carboxylic acids is 1. The molecule has 0 aliphatic rings. The summed E-state index contributed by atoms with van der Waals surface area (Å²) in [4.78, 5) is 16.4. The summed E-state index contributed by atoms with van der Waals surface area (Å²) in [5, 5.41) is 2.79. The highest BCUT2D eigenvalue weighted by Crippen LogP contribution is 2.31. The topological polar surface area (TPSA) is 42.0 Å². The second-order valence-corrected chi connectivity index (χ2v) is 5.95. The molecule has 0 radical (unpaired) electrons. The van der Waals surface area contributed by atoms with Gasteiger partial charge in [-0.25, -0.2) is 13.8 Å². The number of aromatic nitrogens is 1. The Morgan fingerprint density at radius 1 is 1.09 bits per heavy atom. The number of aryl methyl sites for hydroxylation is 2. The third-order valence-corrected chi connectivity index (χ3v) is 4.46. The molecule has 1 aromatic heterocycles. The maximum atomic E-state index is 13.6. The summed E-state index contributed by atoms with van der Waals surface area (Å²) < 4.78 is 28.2. The van der Waals surface area contributed by atoms with E-state index in [1.54, 1.807) is 0 Å². The van der Waals surface area contributed by atoms with Crippen molar-refractivity contribution in [3.05, 3.63) is 58.7 Å². The van der Waals surface area contributed by atoms with E-state index < -0.39 is 23.1 Å². The van der Waals surface area contributed by atoms with Crippen molar-refractivity contribution in [1.82, 2.24) is 4.98 Å². The second-order valence-electron chi connectivity index (χ2n) is 4.95. The fraction of sp³-hybridized carbons (Fsp3) is 0.125. The highest BCUT2D eigenvalue weighted by Gasteiger charge is 2.19. The van der Waals surface area contributed by atoms with Gasteiger partial charge in [0.1, 0.15) is 17.2 Å². The molecule has 0 atom stereocenters. The van der Waals surface area contributed by atoms with Crippen molar-refractivity contribution in [3.8, 4) is 0 Å². The Bertz CT molecular complexity index is 830. The van der Waals surface area contributed by atoms with Crippen LogP contribution >= 0.6 is 11.3 Å².